The van der Waals surface area contributed by atoms with Gasteiger partial charge in [0.25, 0.3) is 5.56 Å². The monoisotopic (exact) mass is 377 g/mol. The van der Waals surface area contributed by atoms with Crippen molar-refractivity contribution in [3.63, 3.8) is 0 Å². The second-order valence-electron chi connectivity index (χ2n) is 4.69. The molecule has 0 aliphatic rings. The van der Waals surface area contributed by atoms with Crippen LogP contribution >= 0.6 is 23.4 Å². The summed E-state index contributed by atoms with van der Waals surface area (Å²) < 4.78 is 38.0. The fourth-order valence-electron chi connectivity index (χ4n) is 1.67. The van der Waals surface area contributed by atoms with E-state index in [9.17, 15) is 22.8 Å². The Morgan fingerprint density at radius 2 is 2.08 bits per heavy atom. The molecule has 0 saturated carbocycles. The van der Waals surface area contributed by atoms with Gasteiger partial charge >= 0.3 is 6.18 Å². The third-order valence-electron chi connectivity index (χ3n) is 2.76. The Morgan fingerprint density at radius 1 is 1.38 bits per heavy atom. The summed E-state index contributed by atoms with van der Waals surface area (Å²) in [4.78, 5) is 28.9. The molecule has 2 N–H and O–H groups in total. The number of aromatic amines is 1. The zero-order valence-corrected chi connectivity index (χ0v) is 13.7. The van der Waals surface area contributed by atoms with Crippen molar-refractivity contribution in [1.82, 2.24) is 9.97 Å². The molecule has 10 heteroatoms. The Hall–Kier alpha value is -2.00. The van der Waals surface area contributed by atoms with E-state index in [-0.39, 0.29) is 5.16 Å². The van der Waals surface area contributed by atoms with Crippen molar-refractivity contribution in [1.29, 1.82) is 0 Å². The van der Waals surface area contributed by atoms with E-state index in [2.05, 4.69) is 15.3 Å². The molecule has 1 heterocycles. The maximum absolute atomic E-state index is 12.7. The highest BCUT2D eigenvalue weighted by Gasteiger charge is 2.33. The molecule has 0 aliphatic carbocycles. The first kappa shape index (κ1) is 18.3. The van der Waals surface area contributed by atoms with Gasteiger partial charge in [-0.1, -0.05) is 29.4 Å². The second-order valence-corrected chi connectivity index (χ2v) is 6.46. The molecule has 1 amide bonds. The van der Waals surface area contributed by atoms with Crippen molar-refractivity contribution in [3.05, 3.63) is 51.4 Å². The number of amides is 1. The number of alkyl halides is 3. The summed E-state index contributed by atoms with van der Waals surface area (Å²) in [6, 6.07) is 6.78. The van der Waals surface area contributed by atoms with Crippen LogP contribution in [0.4, 0.5) is 18.9 Å². The number of carbonyl (C=O) groups is 1. The van der Waals surface area contributed by atoms with Crippen LogP contribution in [0.2, 0.25) is 5.02 Å². The number of hydrogen-bond donors (Lipinski definition) is 2. The van der Waals surface area contributed by atoms with Crippen molar-refractivity contribution in [2.45, 2.75) is 23.5 Å². The topological polar surface area (TPSA) is 74.8 Å². The molecule has 5 nitrogen and oxygen atoms in total. The van der Waals surface area contributed by atoms with E-state index in [0.717, 1.165) is 0 Å². The van der Waals surface area contributed by atoms with Crippen LogP contribution in [0.3, 0.4) is 0 Å². The number of benzene rings is 1. The summed E-state index contributed by atoms with van der Waals surface area (Å²) in [6.45, 7) is 1.48. The standard InChI is InChI=1S/C14H11ClF3N3O2S/c1-7(12(23)19-9-4-2-3-8(15)5-9)24-13-20-10(14(16,17)18)6-11(22)21-13/h2-7H,1H3,(H,19,23)(H,20,21,22). The molecule has 0 saturated heterocycles. The first-order valence-corrected chi connectivity index (χ1v) is 7.82. The average molecular weight is 378 g/mol. The van der Waals surface area contributed by atoms with Crippen LogP contribution in [0.15, 0.2) is 40.3 Å². The highest BCUT2D eigenvalue weighted by molar-refractivity contribution is 8.00. The fourth-order valence-corrected chi connectivity index (χ4v) is 2.67. The second kappa shape index (κ2) is 7.27. The van der Waals surface area contributed by atoms with Gasteiger partial charge in [0.1, 0.15) is 0 Å². The fraction of sp³-hybridized carbons (Fsp3) is 0.214. The third-order valence-corrected chi connectivity index (χ3v) is 3.98. The van der Waals surface area contributed by atoms with Gasteiger partial charge in [0.15, 0.2) is 10.9 Å². The van der Waals surface area contributed by atoms with Gasteiger partial charge in [-0.2, -0.15) is 13.2 Å². The summed E-state index contributed by atoms with van der Waals surface area (Å²) in [6.07, 6.45) is -4.74. The van der Waals surface area contributed by atoms with Crippen LogP contribution in [0.5, 0.6) is 0 Å². The molecule has 1 unspecified atom stereocenters. The van der Waals surface area contributed by atoms with Crippen molar-refractivity contribution in [3.8, 4) is 0 Å². The highest BCUT2D eigenvalue weighted by Crippen LogP contribution is 2.28. The molecule has 0 radical (unpaired) electrons. The van der Waals surface area contributed by atoms with E-state index in [1.165, 1.54) is 13.0 Å². The minimum Gasteiger partial charge on any atom is -0.325 e. The molecule has 2 rings (SSSR count). The number of carbonyl (C=O) groups excluding carboxylic acids is 1. The van der Waals surface area contributed by atoms with Crippen LogP contribution in [0, 0.1) is 0 Å². The number of thioether (sulfide) groups is 1. The van der Waals surface area contributed by atoms with E-state index < -0.39 is 28.6 Å². The van der Waals surface area contributed by atoms with E-state index in [4.69, 9.17) is 11.6 Å². The van der Waals surface area contributed by atoms with Crippen molar-refractivity contribution in [2.75, 3.05) is 5.32 Å². The molecule has 24 heavy (non-hydrogen) atoms. The van der Waals surface area contributed by atoms with Gasteiger partial charge in [-0.05, 0) is 25.1 Å². The first-order valence-electron chi connectivity index (χ1n) is 6.57. The summed E-state index contributed by atoms with van der Waals surface area (Å²) in [5.74, 6) is -0.470. The number of H-pyrrole nitrogens is 1. The van der Waals surface area contributed by atoms with Crippen molar-refractivity contribution < 1.29 is 18.0 Å². The van der Waals surface area contributed by atoms with E-state index >= 15 is 0 Å². The number of anilines is 1. The van der Waals surface area contributed by atoms with Gasteiger partial charge < -0.3 is 10.3 Å². The van der Waals surface area contributed by atoms with Crippen molar-refractivity contribution in [2.24, 2.45) is 0 Å². The summed E-state index contributed by atoms with van der Waals surface area (Å²) in [5, 5.41) is 1.92. The predicted octanol–water partition coefficient (Wildman–Crippen LogP) is 3.56. The van der Waals surface area contributed by atoms with Gasteiger partial charge in [-0.3, -0.25) is 9.59 Å². The van der Waals surface area contributed by atoms with Crippen LogP contribution in [-0.2, 0) is 11.0 Å². The Morgan fingerprint density at radius 3 is 2.71 bits per heavy atom. The van der Waals surface area contributed by atoms with E-state index in [0.29, 0.717) is 28.5 Å². The molecule has 1 aromatic heterocycles. The van der Waals surface area contributed by atoms with Gasteiger partial charge in [0.05, 0.1) is 5.25 Å². The molecular formula is C14H11ClF3N3O2S. The largest absolute Gasteiger partial charge is 0.433 e. The Balaban J connectivity index is 2.11. The number of hydrogen-bond acceptors (Lipinski definition) is 4. The maximum atomic E-state index is 12.7. The lowest BCUT2D eigenvalue weighted by atomic mass is 10.3. The Bertz CT molecular complexity index is 810. The number of halogens is 4. The zero-order valence-electron chi connectivity index (χ0n) is 12.1. The predicted molar refractivity (Wildman–Crippen MR) is 85.3 cm³/mol. The van der Waals surface area contributed by atoms with E-state index in [1.54, 1.807) is 18.2 Å². The van der Waals surface area contributed by atoms with Crippen molar-refractivity contribution >= 4 is 35.0 Å². The lowest BCUT2D eigenvalue weighted by molar-refractivity contribution is -0.141. The molecule has 0 aliphatic heterocycles. The maximum Gasteiger partial charge on any atom is 0.433 e. The highest BCUT2D eigenvalue weighted by atomic mass is 35.5. The van der Waals surface area contributed by atoms with Crippen LogP contribution in [0.1, 0.15) is 12.6 Å². The quantitative estimate of drug-likeness (QED) is 0.631. The van der Waals surface area contributed by atoms with Gasteiger partial charge in [-0.15, -0.1) is 0 Å². The number of rotatable bonds is 4. The minimum atomic E-state index is -4.74. The molecule has 0 spiro atoms. The third kappa shape index (κ3) is 5.00. The van der Waals surface area contributed by atoms with Crippen LogP contribution in [-0.4, -0.2) is 21.1 Å². The van der Waals surface area contributed by atoms with Crippen LogP contribution in [0.25, 0.3) is 0 Å². The molecule has 0 bridgehead atoms. The van der Waals surface area contributed by atoms with Gasteiger partial charge in [0, 0.05) is 16.8 Å². The lowest BCUT2D eigenvalue weighted by Gasteiger charge is -2.12. The first-order chi connectivity index (χ1) is 11.1. The lowest BCUT2D eigenvalue weighted by Crippen LogP contribution is -2.24. The zero-order chi connectivity index (χ0) is 17.9. The number of aromatic nitrogens is 2. The van der Waals surface area contributed by atoms with Gasteiger partial charge in [-0.25, -0.2) is 4.98 Å². The summed E-state index contributed by atoms with van der Waals surface area (Å²) in [7, 11) is 0. The molecule has 2 aromatic rings. The summed E-state index contributed by atoms with van der Waals surface area (Å²) >= 11 is 6.51. The smallest absolute Gasteiger partial charge is 0.325 e. The SMILES string of the molecule is CC(Sc1nc(C(F)(F)F)cc(=O)[nH]1)C(=O)Nc1cccc(Cl)c1. The minimum absolute atomic E-state index is 0.288. The van der Waals surface area contributed by atoms with Crippen LogP contribution < -0.4 is 10.9 Å². The Kier molecular flexibility index (Phi) is 5.55. The Labute approximate surface area is 143 Å². The normalized spacial score (nSPS) is 12.7. The molecule has 128 valence electrons. The molecule has 1 aromatic carbocycles. The number of nitrogens with one attached hydrogen (secondary N) is 2. The summed E-state index contributed by atoms with van der Waals surface area (Å²) in [5.41, 5.74) is -1.80. The number of nitrogens with zero attached hydrogens (tertiary/aromatic N) is 1. The van der Waals surface area contributed by atoms with Gasteiger partial charge in [0.2, 0.25) is 5.91 Å². The molecular weight excluding hydrogens is 367 g/mol. The molecule has 1 atom stereocenters. The average Bonchev–Trinajstić information content (AvgIpc) is 2.45. The molecule has 0 fully saturated rings. The van der Waals surface area contributed by atoms with E-state index in [1.807, 2.05) is 0 Å².